The number of hydrogen-bond acceptors (Lipinski definition) is 11. The summed E-state index contributed by atoms with van der Waals surface area (Å²) in [6.07, 6.45) is 3.79. The van der Waals surface area contributed by atoms with Crippen LogP contribution in [0.4, 0.5) is 0 Å². The van der Waals surface area contributed by atoms with Crippen LogP contribution in [0.25, 0.3) is 0 Å². The maximum absolute atomic E-state index is 12.6. The minimum Gasteiger partial charge on any atom is -0.493 e. The molecule has 0 aromatic heterocycles. The van der Waals surface area contributed by atoms with Crippen LogP contribution in [0.15, 0.2) is 105 Å². The highest BCUT2D eigenvalue weighted by molar-refractivity contribution is 5.93. The van der Waals surface area contributed by atoms with E-state index in [1.165, 1.54) is 24.3 Å². The lowest BCUT2D eigenvalue weighted by Gasteiger charge is -2.17. The van der Waals surface area contributed by atoms with Crippen LogP contribution in [-0.4, -0.2) is 56.0 Å². The molecule has 3 aromatic rings. The highest BCUT2D eigenvalue weighted by Crippen LogP contribution is 2.22. The van der Waals surface area contributed by atoms with Gasteiger partial charge in [0.2, 0.25) is 0 Å². The Morgan fingerprint density at radius 1 is 0.711 bits per heavy atom. The summed E-state index contributed by atoms with van der Waals surface area (Å²) in [7, 11) is 0. The van der Waals surface area contributed by atoms with Crippen LogP contribution in [0, 0.1) is 5.41 Å². The molecule has 3 rings (SSSR count). The highest BCUT2D eigenvalue weighted by atomic mass is 16.6. The van der Waals surface area contributed by atoms with Gasteiger partial charge in [-0.1, -0.05) is 25.8 Å². The minimum absolute atomic E-state index is 0.0651. The Hall–Kier alpha value is -5.97. The van der Waals surface area contributed by atoms with Crippen LogP contribution in [0.3, 0.4) is 0 Å². The van der Waals surface area contributed by atoms with Gasteiger partial charge < -0.3 is 33.8 Å². The average molecular weight is 614 g/mol. The first-order valence-electron chi connectivity index (χ1n) is 13.5. The van der Waals surface area contributed by atoms with E-state index in [-0.39, 0.29) is 30.3 Å². The van der Waals surface area contributed by atoms with Crippen LogP contribution in [0.2, 0.25) is 0 Å². The molecule has 0 fully saturated rings. The zero-order valence-corrected chi connectivity index (χ0v) is 24.3. The summed E-state index contributed by atoms with van der Waals surface area (Å²) < 4.78 is 32.0. The van der Waals surface area contributed by atoms with E-state index in [9.17, 15) is 19.2 Å². The topological polar surface area (TPSA) is 148 Å². The maximum atomic E-state index is 12.6. The quantitative estimate of drug-likeness (QED) is 0.0972. The van der Waals surface area contributed by atoms with Gasteiger partial charge in [0.05, 0.1) is 12.2 Å². The van der Waals surface area contributed by atoms with Crippen LogP contribution >= 0.6 is 0 Å². The van der Waals surface area contributed by atoms with Gasteiger partial charge in [0, 0.05) is 36.4 Å². The number of carbonyl (C=O) groups excluding carboxylic acids is 4. The number of rotatable bonds is 17. The Kier molecular flexibility index (Phi) is 12.8. The van der Waals surface area contributed by atoms with E-state index in [2.05, 4.69) is 19.7 Å². The maximum Gasteiger partial charge on any atom is 0.343 e. The van der Waals surface area contributed by atoms with Crippen molar-refractivity contribution in [1.29, 1.82) is 5.41 Å². The summed E-state index contributed by atoms with van der Waals surface area (Å²) in [4.78, 5) is 46.8. The van der Waals surface area contributed by atoms with Crippen LogP contribution < -0.4 is 18.9 Å². The van der Waals surface area contributed by atoms with E-state index in [4.69, 9.17) is 33.8 Å². The average Bonchev–Trinajstić information content (AvgIpc) is 3.06. The van der Waals surface area contributed by atoms with E-state index in [1.807, 2.05) is 0 Å². The van der Waals surface area contributed by atoms with Gasteiger partial charge in [-0.05, 0) is 66.2 Å². The molecule has 0 heterocycles. The summed E-state index contributed by atoms with van der Waals surface area (Å²) in [6, 6.07) is 17.7. The fourth-order valence-corrected chi connectivity index (χ4v) is 3.61. The largest absolute Gasteiger partial charge is 0.493 e. The van der Waals surface area contributed by atoms with Crippen molar-refractivity contribution in [1.82, 2.24) is 0 Å². The zero-order chi connectivity index (χ0) is 32.6. The number of esters is 4. The van der Waals surface area contributed by atoms with E-state index < -0.39 is 30.0 Å². The molecule has 1 atom stereocenters. The molecule has 232 valence electrons. The van der Waals surface area contributed by atoms with E-state index in [0.29, 0.717) is 30.1 Å². The second-order valence-electron chi connectivity index (χ2n) is 9.03. The predicted molar refractivity (Wildman–Crippen MR) is 164 cm³/mol. The van der Waals surface area contributed by atoms with Crippen molar-refractivity contribution in [2.45, 2.75) is 12.5 Å². The summed E-state index contributed by atoms with van der Waals surface area (Å²) in [5.74, 6) is -1.04. The summed E-state index contributed by atoms with van der Waals surface area (Å²) in [6.45, 7) is 10.0. The number of ether oxygens (including phenoxy) is 6. The molecule has 0 saturated heterocycles. The Bertz CT molecular complexity index is 1540. The number of carbonyl (C=O) groups is 4. The van der Waals surface area contributed by atoms with Gasteiger partial charge in [-0.2, -0.15) is 0 Å². The standard InChI is InChI=1S/C34H31NO10/c1-4-31(36)42-22-29(44-33(38)6-3)21-41-27-14-12-26(13-15-27)40-18-17-23-7-16-30(25(19-23)20-35)45-34(39)24-8-10-28(11-9-24)43-32(37)5-2/h4-16,19-20,29,35H,1-3,17-18,21-22H2. The van der Waals surface area contributed by atoms with E-state index in [1.54, 1.807) is 42.5 Å². The first kappa shape index (κ1) is 33.5. The van der Waals surface area contributed by atoms with Gasteiger partial charge >= 0.3 is 23.9 Å². The lowest BCUT2D eigenvalue weighted by molar-refractivity contribution is -0.154. The van der Waals surface area contributed by atoms with Gasteiger partial charge in [-0.25, -0.2) is 19.2 Å². The van der Waals surface area contributed by atoms with Crippen molar-refractivity contribution in [3.8, 4) is 23.0 Å². The zero-order valence-electron chi connectivity index (χ0n) is 24.3. The summed E-state index contributed by atoms with van der Waals surface area (Å²) in [5, 5.41) is 7.76. The van der Waals surface area contributed by atoms with Gasteiger partial charge in [-0.3, -0.25) is 0 Å². The molecule has 0 amide bonds. The molecule has 0 spiro atoms. The normalized spacial score (nSPS) is 10.8. The van der Waals surface area contributed by atoms with Crippen molar-refractivity contribution in [3.63, 3.8) is 0 Å². The van der Waals surface area contributed by atoms with Crippen molar-refractivity contribution in [3.05, 3.63) is 121 Å². The van der Waals surface area contributed by atoms with Gasteiger partial charge in [0.1, 0.15) is 36.2 Å². The Labute approximate surface area is 259 Å². The lowest BCUT2D eigenvalue weighted by Crippen LogP contribution is -2.30. The Balaban J connectivity index is 1.50. The van der Waals surface area contributed by atoms with E-state index >= 15 is 0 Å². The molecule has 11 nitrogen and oxygen atoms in total. The molecule has 0 saturated carbocycles. The molecule has 1 N–H and O–H groups in total. The summed E-state index contributed by atoms with van der Waals surface area (Å²) in [5.41, 5.74) is 1.51. The molecule has 0 aliphatic carbocycles. The second-order valence-corrected chi connectivity index (χ2v) is 9.03. The minimum atomic E-state index is -0.849. The van der Waals surface area contributed by atoms with Gasteiger partial charge in [0.25, 0.3) is 0 Å². The van der Waals surface area contributed by atoms with Crippen molar-refractivity contribution < 1.29 is 47.6 Å². The fourth-order valence-electron chi connectivity index (χ4n) is 3.61. The molecular weight excluding hydrogens is 582 g/mol. The van der Waals surface area contributed by atoms with E-state index in [0.717, 1.165) is 30.0 Å². The molecule has 0 aliphatic heterocycles. The highest BCUT2D eigenvalue weighted by Gasteiger charge is 2.17. The molecule has 45 heavy (non-hydrogen) atoms. The van der Waals surface area contributed by atoms with Crippen LogP contribution in [0.5, 0.6) is 23.0 Å². The number of nitrogens with one attached hydrogen (secondary N) is 1. The molecule has 11 heteroatoms. The lowest BCUT2D eigenvalue weighted by atomic mass is 10.1. The number of hydrogen-bond donors (Lipinski definition) is 1. The van der Waals surface area contributed by atoms with Crippen LogP contribution in [-0.2, 0) is 30.3 Å². The molecule has 0 radical (unpaired) electrons. The fraction of sp³-hybridized carbons (Fsp3) is 0.147. The molecule has 1 unspecified atom stereocenters. The van der Waals surface area contributed by atoms with Crippen LogP contribution in [0.1, 0.15) is 21.5 Å². The third-order valence-corrected chi connectivity index (χ3v) is 5.85. The Morgan fingerprint density at radius 3 is 1.96 bits per heavy atom. The van der Waals surface area contributed by atoms with Gasteiger partial charge in [0.15, 0.2) is 6.10 Å². The Morgan fingerprint density at radius 2 is 1.33 bits per heavy atom. The molecule has 0 aliphatic rings. The smallest absolute Gasteiger partial charge is 0.343 e. The third kappa shape index (κ3) is 11.0. The molecule has 0 bridgehead atoms. The third-order valence-electron chi connectivity index (χ3n) is 5.85. The second kappa shape index (κ2) is 17.2. The SMILES string of the molecule is C=CC(=O)OCC(COc1ccc(OCCc2ccc(OC(=O)c3ccc(OC(=O)C=C)cc3)c(C=N)c2)cc1)OC(=O)C=C. The van der Waals surface area contributed by atoms with Gasteiger partial charge in [-0.15, -0.1) is 0 Å². The molecule has 3 aromatic carbocycles. The first-order valence-corrected chi connectivity index (χ1v) is 13.5. The molecular formula is C34H31NO10. The van der Waals surface area contributed by atoms with Crippen molar-refractivity contribution >= 4 is 30.1 Å². The predicted octanol–water partition coefficient (Wildman–Crippen LogP) is 4.82. The number of benzene rings is 3. The monoisotopic (exact) mass is 613 g/mol. The first-order chi connectivity index (χ1) is 21.7. The van der Waals surface area contributed by atoms with Crippen molar-refractivity contribution in [2.24, 2.45) is 0 Å². The van der Waals surface area contributed by atoms with Crippen molar-refractivity contribution in [2.75, 3.05) is 19.8 Å². The summed E-state index contributed by atoms with van der Waals surface area (Å²) >= 11 is 0.